The Morgan fingerprint density at radius 2 is 1.60 bits per heavy atom. The van der Waals surface area contributed by atoms with Crippen LogP contribution in [0.5, 0.6) is 5.75 Å². The molecule has 6 aromatic rings. The monoisotopic (exact) mass is 529 g/mol. The number of aryl methyl sites for hydroxylation is 1. The molecule has 0 aliphatic carbocycles. The zero-order chi connectivity index (χ0) is 27.6. The summed E-state index contributed by atoms with van der Waals surface area (Å²) in [6.45, 7) is 2.27. The topological polar surface area (TPSA) is 90.5 Å². The van der Waals surface area contributed by atoms with Crippen LogP contribution in [0.4, 0.5) is 0 Å². The van der Waals surface area contributed by atoms with Gasteiger partial charge in [-0.3, -0.25) is 14.2 Å². The zero-order valence-corrected chi connectivity index (χ0v) is 22.1. The lowest BCUT2D eigenvalue weighted by Gasteiger charge is -2.23. The van der Waals surface area contributed by atoms with E-state index in [1.54, 1.807) is 28.3 Å². The maximum atomic E-state index is 14.5. The van der Waals surface area contributed by atoms with Gasteiger partial charge < -0.3 is 10.1 Å². The molecule has 0 radical (unpaired) electrons. The molecule has 0 aliphatic heterocycles. The van der Waals surface area contributed by atoms with Crippen LogP contribution in [0.25, 0.3) is 27.8 Å². The quantitative estimate of drug-likeness (QED) is 0.317. The second kappa shape index (κ2) is 10.5. The lowest BCUT2D eigenvalue weighted by Crippen LogP contribution is -2.38. The third-order valence-corrected chi connectivity index (χ3v) is 7.01. The first-order valence-electron chi connectivity index (χ1n) is 13.0. The van der Waals surface area contributed by atoms with E-state index in [9.17, 15) is 9.59 Å². The largest absolute Gasteiger partial charge is 0.497 e. The Balaban J connectivity index is 1.61. The highest BCUT2D eigenvalue weighted by atomic mass is 16.5. The molecule has 2 aromatic heterocycles. The molecule has 8 nitrogen and oxygen atoms in total. The van der Waals surface area contributed by atoms with E-state index in [1.807, 2.05) is 97.9 Å². The molecule has 6 rings (SSSR count). The number of nitrogens with one attached hydrogen (secondary N) is 1. The van der Waals surface area contributed by atoms with Gasteiger partial charge in [0.2, 0.25) is 5.91 Å². The maximum absolute atomic E-state index is 14.5. The number of methoxy groups -OCH3 is 1. The van der Waals surface area contributed by atoms with Gasteiger partial charge in [-0.25, -0.2) is 4.52 Å². The molecule has 2 heterocycles. The number of ether oxygens (including phenoxy) is 1. The molecular weight excluding hydrogens is 502 g/mol. The van der Waals surface area contributed by atoms with Crippen molar-refractivity contribution in [1.29, 1.82) is 0 Å². The van der Waals surface area contributed by atoms with Gasteiger partial charge in [0.05, 0.1) is 18.1 Å². The predicted molar refractivity (Wildman–Crippen MR) is 154 cm³/mol. The number of carbonyl (C=O) groups is 1. The van der Waals surface area contributed by atoms with E-state index in [0.717, 1.165) is 16.7 Å². The molecular formula is C32H27N5O3. The van der Waals surface area contributed by atoms with Crippen molar-refractivity contribution in [2.45, 2.75) is 19.5 Å². The second-order valence-corrected chi connectivity index (χ2v) is 9.61. The van der Waals surface area contributed by atoms with Gasteiger partial charge in [-0.15, -0.1) is 5.10 Å². The number of benzene rings is 4. The Morgan fingerprint density at radius 1 is 0.900 bits per heavy atom. The highest BCUT2D eigenvalue weighted by Gasteiger charge is 2.29. The van der Waals surface area contributed by atoms with E-state index < -0.39 is 6.04 Å². The fourth-order valence-corrected chi connectivity index (χ4v) is 5.00. The second-order valence-electron chi connectivity index (χ2n) is 9.61. The van der Waals surface area contributed by atoms with Crippen LogP contribution in [0.15, 0.2) is 108 Å². The van der Waals surface area contributed by atoms with Crippen molar-refractivity contribution in [3.63, 3.8) is 0 Å². The molecule has 0 fully saturated rings. The van der Waals surface area contributed by atoms with Gasteiger partial charge in [0.15, 0.2) is 5.52 Å². The van der Waals surface area contributed by atoms with Gasteiger partial charge in [-0.1, -0.05) is 84.1 Å². The first-order valence-corrected chi connectivity index (χ1v) is 13.0. The number of nitrogens with zero attached hydrogens (tertiary/aromatic N) is 4. The fourth-order valence-electron chi connectivity index (χ4n) is 5.00. The maximum Gasteiger partial charge on any atom is 0.280 e. The van der Waals surface area contributed by atoms with Crippen LogP contribution >= 0.6 is 0 Å². The number of rotatable bonds is 7. The van der Waals surface area contributed by atoms with Crippen LogP contribution in [-0.2, 0) is 11.3 Å². The molecule has 1 atom stereocenters. The minimum absolute atomic E-state index is 0.303. The lowest BCUT2D eigenvalue weighted by molar-refractivity contribution is -0.123. The van der Waals surface area contributed by atoms with Gasteiger partial charge in [0, 0.05) is 12.1 Å². The standard InChI is InChI=1S/C32H27N5O3/c1-21-13-18-26-27(19-21)36(32(39)30-28(34-35-37(26)30)23-11-7-4-8-12-23)29(24-14-16-25(40-2)17-15-24)31(38)33-20-22-9-5-3-6-10-22/h3-19,29H,20H2,1-2H3,(H,33,38). The first-order chi connectivity index (χ1) is 19.5. The van der Waals surface area contributed by atoms with Crippen molar-refractivity contribution in [2.24, 2.45) is 0 Å². The molecule has 40 heavy (non-hydrogen) atoms. The summed E-state index contributed by atoms with van der Waals surface area (Å²) in [5.41, 5.74) is 4.97. The highest BCUT2D eigenvalue weighted by Crippen LogP contribution is 2.28. The summed E-state index contributed by atoms with van der Waals surface area (Å²) in [6.07, 6.45) is 0. The molecule has 0 aliphatic rings. The Kier molecular flexibility index (Phi) is 6.57. The molecule has 4 aromatic carbocycles. The van der Waals surface area contributed by atoms with Gasteiger partial charge >= 0.3 is 0 Å². The first kappa shape index (κ1) is 25.1. The zero-order valence-electron chi connectivity index (χ0n) is 22.1. The third kappa shape index (κ3) is 4.49. The predicted octanol–water partition coefficient (Wildman–Crippen LogP) is 4.93. The average molecular weight is 530 g/mol. The molecule has 0 spiro atoms. The minimum atomic E-state index is -0.963. The summed E-state index contributed by atoms with van der Waals surface area (Å²) in [5.74, 6) is 0.346. The SMILES string of the molecule is COc1ccc(C(C(=O)NCc2ccccc2)n2c(=O)c3c(-c4ccccc4)nnn3c3ccc(C)cc32)cc1. The molecule has 0 bridgehead atoms. The molecule has 0 saturated carbocycles. The van der Waals surface area contributed by atoms with Crippen LogP contribution in [-0.4, -0.2) is 32.4 Å². The van der Waals surface area contributed by atoms with E-state index in [4.69, 9.17) is 4.74 Å². The van der Waals surface area contributed by atoms with E-state index in [-0.39, 0.29) is 11.5 Å². The Labute approximate surface area is 230 Å². The van der Waals surface area contributed by atoms with Crippen molar-refractivity contribution >= 4 is 22.5 Å². The molecule has 1 N–H and O–H groups in total. The van der Waals surface area contributed by atoms with Gasteiger partial charge in [0.25, 0.3) is 5.56 Å². The Morgan fingerprint density at radius 3 is 2.30 bits per heavy atom. The van der Waals surface area contributed by atoms with Crippen LogP contribution in [0.2, 0.25) is 0 Å². The van der Waals surface area contributed by atoms with E-state index in [0.29, 0.717) is 40.1 Å². The smallest absolute Gasteiger partial charge is 0.280 e. The summed E-state index contributed by atoms with van der Waals surface area (Å²) in [4.78, 5) is 28.5. The van der Waals surface area contributed by atoms with E-state index >= 15 is 0 Å². The number of fused-ring (bicyclic) bond motifs is 3. The molecule has 0 saturated heterocycles. The van der Waals surface area contributed by atoms with Crippen molar-refractivity contribution in [1.82, 2.24) is 24.7 Å². The molecule has 1 unspecified atom stereocenters. The molecule has 1 amide bonds. The summed E-state index contributed by atoms with van der Waals surface area (Å²) in [5, 5.41) is 11.8. The summed E-state index contributed by atoms with van der Waals surface area (Å²) >= 11 is 0. The molecule has 198 valence electrons. The summed E-state index contributed by atoms with van der Waals surface area (Å²) < 4.78 is 8.49. The normalized spacial score (nSPS) is 11.9. The van der Waals surface area contributed by atoms with Gasteiger partial charge in [-0.05, 0) is 47.9 Å². The number of hydrogen-bond acceptors (Lipinski definition) is 5. The van der Waals surface area contributed by atoms with Crippen LogP contribution in [0, 0.1) is 6.92 Å². The lowest BCUT2D eigenvalue weighted by atomic mass is 10.0. The van der Waals surface area contributed by atoms with Crippen molar-refractivity contribution in [3.8, 4) is 17.0 Å². The van der Waals surface area contributed by atoms with Gasteiger partial charge in [0.1, 0.15) is 17.5 Å². The number of carbonyl (C=O) groups excluding carboxylic acids is 1. The van der Waals surface area contributed by atoms with Crippen LogP contribution in [0.3, 0.4) is 0 Å². The number of amides is 1. The number of hydrogen-bond donors (Lipinski definition) is 1. The van der Waals surface area contributed by atoms with Crippen molar-refractivity contribution < 1.29 is 9.53 Å². The fraction of sp³-hybridized carbons (Fsp3) is 0.125. The third-order valence-electron chi connectivity index (χ3n) is 7.01. The number of aromatic nitrogens is 4. The van der Waals surface area contributed by atoms with Crippen LogP contribution < -0.4 is 15.6 Å². The highest BCUT2D eigenvalue weighted by molar-refractivity contribution is 5.89. The van der Waals surface area contributed by atoms with Crippen LogP contribution in [0.1, 0.15) is 22.7 Å². The van der Waals surface area contributed by atoms with E-state index in [2.05, 4.69) is 15.6 Å². The molecule has 8 heteroatoms. The van der Waals surface area contributed by atoms with Crippen molar-refractivity contribution in [3.05, 3.63) is 130 Å². The van der Waals surface area contributed by atoms with E-state index in [1.165, 1.54) is 0 Å². The Hall–Kier alpha value is -5.24. The van der Waals surface area contributed by atoms with Crippen molar-refractivity contribution in [2.75, 3.05) is 7.11 Å². The summed E-state index contributed by atoms with van der Waals surface area (Å²) in [6, 6.07) is 31.2. The Bertz CT molecular complexity index is 1880. The summed E-state index contributed by atoms with van der Waals surface area (Å²) in [7, 11) is 1.59. The van der Waals surface area contributed by atoms with Gasteiger partial charge in [-0.2, -0.15) is 0 Å². The minimum Gasteiger partial charge on any atom is -0.497 e. The average Bonchev–Trinajstić information content (AvgIpc) is 3.45.